The van der Waals surface area contributed by atoms with Crippen LogP contribution in [0.25, 0.3) is 0 Å². The van der Waals surface area contributed by atoms with Crippen molar-refractivity contribution in [2.45, 2.75) is 25.9 Å². The van der Waals surface area contributed by atoms with Crippen molar-refractivity contribution in [1.29, 1.82) is 0 Å². The Labute approximate surface area is 124 Å². The molecule has 0 N–H and O–H groups in total. The van der Waals surface area contributed by atoms with Crippen LogP contribution in [0.2, 0.25) is 5.02 Å². The molecule has 4 nitrogen and oxygen atoms in total. The fraction of sp³-hybridized carbons (Fsp3) is 0.333. The zero-order valence-corrected chi connectivity index (χ0v) is 12.6. The molecular weight excluding hydrogens is 274 g/mol. The van der Waals surface area contributed by atoms with Crippen LogP contribution in [0, 0.1) is 0 Å². The van der Waals surface area contributed by atoms with Crippen LogP contribution in [0.4, 0.5) is 0 Å². The summed E-state index contributed by atoms with van der Waals surface area (Å²) in [5.41, 5.74) is 1.05. The molecule has 0 radical (unpaired) electrons. The molecule has 1 amide bonds. The Bertz CT molecular complexity index is 565. The molecule has 2 unspecified atom stereocenters. The number of nitrogens with zero attached hydrogens (tertiary/aromatic N) is 3. The molecule has 0 aliphatic heterocycles. The summed E-state index contributed by atoms with van der Waals surface area (Å²) in [5.74, 6) is 0.0242. The molecule has 0 saturated carbocycles. The average Bonchev–Trinajstić information content (AvgIpc) is 2.99. The van der Waals surface area contributed by atoms with Gasteiger partial charge in [-0.3, -0.25) is 9.48 Å². The minimum atomic E-state index is -0.315. The van der Waals surface area contributed by atoms with Crippen molar-refractivity contribution in [3.63, 3.8) is 0 Å². The highest BCUT2D eigenvalue weighted by Crippen LogP contribution is 2.23. The van der Waals surface area contributed by atoms with Gasteiger partial charge in [-0.2, -0.15) is 5.10 Å². The fourth-order valence-corrected chi connectivity index (χ4v) is 2.20. The van der Waals surface area contributed by atoms with Crippen LogP contribution >= 0.6 is 11.6 Å². The van der Waals surface area contributed by atoms with Gasteiger partial charge in [0.15, 0.2) is 0 Å². The van der Waals surface area contributed by atoms with Gasteiger partial charge in [-0.05, 0) is 37.6 Å². The monoisotopic (exact) mass is 291 g/mol. The predicted octanol–water partition coefficient (Wildman–Crippen LogP) is 3.32. The maximum atomic E-state index is 12.5. The topological polar surface area (TPSA) is 38.1 Å². The summed E-state index contributed by atoms with van der Waals surface area (Å²) in [6.45, 7) is 3.84. The summed E-state index contributed by atoms with van der Waals surface area (Å²) < 4.78 is 1.66. The first-order valence-corrected chi connectivity index (χ1v) is 6.89. The third kappa shape index (κ3) is 3.02. The molecule has 20 heavy (non-hydrogen) atoms. The number of likely N-dealkylation sites (N-methyl/N-ethyl adjacent to an activating group) is 1. The van der Waals surface area contributed by atoms with Crippen LogP contribution in [-0.4, -0.2) is 27.6 Å². The quantitative estimate of drug-likeness (QED) is 0.867. The van der Waals surface area contributed by atoms with Gasteiger partial charge in [0.1, 0.15) is 6.04 Å². The molecular formula is C15H18ClN3O. The minimum absolute atomic E-state index is 0.0159. The van der Waals surface area contributed by atoms with Gasteiger partial charge in [0.05, 0.1) is 6.04 Å². The van der Waals surface area contributed by atoms with E-state index in [2.05, 4.69) is 5.10 Å². The zero-order chi connectivity index (χ0) is 14.7. The van der Waals surface area contributed by atoms with Crippen molar-refractivity contribution in [1.82, 2.24) is 14.7 Å². The van der Waals surface area contributed by atoms with Crippen molar-refractivity contribution in [3.8, 4) is 0 Å². The molecule has 2 rings (SSSR count). The smallest absolute Gasteiger partial charge is 0.247 e. The van der Waals surface area contributed by atoms with Crippen LogP contribution in [0.1, 0.15) is 31.5 Å². The first-order valence-electron chi connectivity index (χ1n) is 6.52. The molecule has 2 atom stereocenters. The number of halogens is 1. The van der Waals surface area contributed by atoms with Gasteiger partial charge >= 0.3 is 0 Å². The van der Waals surface area contributed by atoms with Crippen LogP contribution < -0.4 is 0 Å². The van der Waals surface area contributed by atoms with Crippen LogP contribution in [0.3, 0.4) is 0 Å². The molecule has 0 fully saturated rings. The standard InChI is InChI=1S/C15H18ClN3O/c1-11(13-5-7-14(16)8-6-13)18(3)15(20)12(2)19-10-4-9-17-19/h4-12H,1-3H3. The van der Waals surface area contributed by atoms with E-state index in [0.29, 0.717) is 5.02 Å². The SMILES string of the molecule is CC(c1ccc(Cl)cc1)N(C)C(=O)C(C)n1cccn1. The van der Waals surface area contributed by atoms with E-state index in [1.54, 1.807) is 22.0 Å². The largest absolute Gasteiger partial charge is 0.337 e. The Morgan fingerprint density at radius 1 is 1.30 bits per heavy atom. The number of amides is 1. The zero-order valence-electron chi connectivity index (χ0n) is 11.8. The third-order valence-electron chi connectivity index (χ3n) is 3.56. The normalized spacial score (nSPS) is 13.8. The lowest BCUT2D eigenvalue weighted by molar-refractivity contribution is -0.135. The molecule has 1 aromatic carbocycles. The molecule has 0 aliphatic carbocycles. The summed E-state index contributed by atoms with van der Waals surface area (Å²) in [5, 5.41) is 4.81. The van der Waals surface area contributed by atoms with E-state index in [4.69, 9.17) is 11.6 Å². The van der Waals surface area contributed by atoms with Crippen LogP contribution in [-0.2, 0) is 4.79 Å². The van der Waals surface area contributed by atoms with Crippen molar-refractivity contribution < 1.29 is 4.79 Å². The lowest BCUT2D eigenvalue weighted by Crippen LogP contribution is -2.35. The Morgan fingerprint density at radius 2 is 1.95 bits per heavy atom. The Morgan fingerprint density at radius 3 is 2.50 bits per heavy atom. The third-order valence-corrected chi connectivity index (χ3v) is 3.81. The number of rotatable bonds is 4. The number of carbonyl (C=O) groups is 1. The molecule has 0 aliphatic rings. The minimum Gasteiger partial charge on any atom is -0.337 e. The number of carbonyl (C=O) groups excluding carboxylic acids is 1. The number of aromatic nitrogens is 2. The van der Waals surface area contributed by atoms with Gasteiger partial charge in [-0.1, -0.05) is 23.7 Å². The molecule has 0 spiro atoms. The molecule has 5 heteroatoms. The Kier molecular flexibility index (Phi) is 4.45. The van der Waals surface area contributed by atoms with E-state index in [9.17, 15) is 4.79 Å². The van der Waals surface area contributed by atoms with E-state index in [-0.39, 0.29) is 18.0 Å². The second-order valence-electron chi connectivity index (χ2n) is 4.84. The van der Waals surface area contributed by atoms with Gasteiger partial charge in [0.2, 0.25) is 5.91 Å². The lowest BCUT2D eigenvalue weighted by atomic mass is 10.1. The van der Waals surface area contributed by atoms with E-state index in [1.807, 2.05) is 51.2 Å². The second kappa shape index (κ2) is 6.09. The van der Waals surface area contributed by atoms with Gasteiger partial charge < -0.3 is 4.90 Å². The Hall–Kier alpha value is -1.81. The van der Waals surface area contributed by atoms with E-state index in [0.717, 1.165) is 5.56 Å². The molecule has 106 valence electrons. The summed E-state index contributed by atoms with van der Waals surface area (Å²) in [6.07, 6.45) is 3.47. The van der Waals surface area contributed by atoms with Crippen molar-refractivity contribution in [2.24, 2.45) is 0 Å². The molecule has 0 bridgehead atoms. The first-order chi connectivity index (χ1) is 9.50. The highest BCUT2D eigenvalue weighted by molar-refractivity contribution is 6.30. The molecule has 2 aromatic rings. The van der Waals surface area contributed by atoms with Gasteiger partial charge in [-0.15, -0.1) is 0 Å². The van der Waals surface area contributed by atoms with Crippen LogP contribution in [0.15, 0.2) is 42.7 Å². The lowest BCUT2D eigenvalue weighted by Gasteiger charge is -2.28. The van der Waals surface area contributed by atoms with E-state index < -0.39 is 0 Å². The highest BCUT2D eigenvalue weighted by Gasteiger charge is 2.23. The summed E-state index contributed by atoms with van der Waals surface area (Å²) in [4.78, 5) is 14.2. The maximum absolute atomic E-state index is 12.5. The van der Waals surface area contributed by atoms with Crippen LogP contribution in [0.5, 0.6) is 0 Å². The Balaban J connectivity index is 2.12. The van der Waals surface area contributed by atoms with Crippen molar-refractivity contribution in [3.05, 3.63) is 53.3 Å². The summed E-state index contributed by atoms with van der Waals surface area (Å²) in [7, 11) is 1.81. The van der Waals surface area contributed by atoms with Crippen molar-refractivity contribution in [2.75, 3.05) is 7.05 Å². The maximum Gasteiger partial charge on any atom is 0.247 e. The number of hydrogen-bond donors (Lipinski definition) is 0. The van der Waals surface area contributed by atoms with Crippen molar-refractivity contribution >= 4 is 17.5 Å². The van der Waals surface area contributed by atoms with Gasteiger partial charge in [0, 0.05) is 24.5 Å². The summed E-state index contributed by atoms with van der Waals surface area (Å²) >= 11 is 5.88. The molecule has 0 saturated heterocycles. The number of benzene rings is 1. The van der Waals surface area contributed by atoms with E-state index >= 15 is 0 Å². The number of hydrogen-bond acceptors (Lipinski definition) is 2. The molecule has 1 heterocycles. The fourth-order valence-electron chi connectivity index (χ4n) is 2.07. The first kappa shape index (κ1) is 14.6. The highest BCUT2D eigenvalue weighted by atomic mass is 35.5. The average molecular weight is 292 g/mol. The van der Waals surface area contributed by atoms with Gasteiger partial charge in [-0.25, -0.2) is 0 Å². The second-order valence-corrected chi connectivity index (χ2v) is 5.28. The predicted molar refractivity (Wildman–Crippen MR) is 79.6 cm³/mol. The summed E-state index contributed by atoms with van der Waals surface area (Å²) in [6, 6.07) is 9.03. The van der Waals surface area contributed by atoms with E-state index in [1.165, 1.54) is 0 Å². The van der Waals surface area contributed by atoms with Gasteiger partial charge in [0.25, 0.3) is 0 Å². The molecule has 1 aromatic heterocycles.